The molecule has 0 aliphatic heterocycles. The molecule has 2 aliphatic carbocycles. The van der Waals surface area contributed by atoms with Gasteiger partial charge < -0.3 is 5.73 Å². The lowest BCUT2D eigenvalue weighted by molar-refractivity contribution is 0.126. The van der Waals surface area contributed by atoms with Gasteiger partial charge in [0.25, 0.3) is 0 Å². The van der Waals surface area contributed by atoms with Crippen LogP contribution in [-0.4, -0.2) is 6.04 Å². The van der Waals surface area contributed by atoms with E-state index < -0.39 is 0 Å². The van der Waals surface area contributed by atoms with Gasteiger partial charge in [-0.15, -0.1) is 12.4 Å². The molecule has 0 spiro atoms. The Kier molecular flexibility index (Phi) is 3.20. The summed E-state index contributed by atoms with van der Waals surface area (Å²) in [6.45, 7) is 0. The Balaban J connectivity index is 0.000000605. The molecule has 3 atom stereocenters. The molecule has 1 nitrogen and oxygen atoms in total. The van der Waals surface area contributed by atoms with Gasteiger partial charge in [-0.3, -0.25) is 0 Å². The molecule has 0 radical (unpaired) electrons. The standard InChI is InChI=1S/C9H17N.ClH/c10-9-6-7-4-2-1-3-5-8(7)9;/h7-9H,1-6,10H2;1H/t7-,8-,9+;/m0./s1. The van der Waals surface area contributed by atoms with Crippen LogP contribution in [-0.2, 0) is 0 Å². The van der Waals surface area contributed by atoms with Crippen molar-refractivity contribution in [1.82, 2.24) is 0 Å². The van der Waals surface area contributed by atoms with Crippen molar-refractivity contribution < 1.29 is 0 Å². The molecule has 2 N–H and O–H groups in total. The quantitative estimate of drug-likeness (QED) is 0.601. The number of hydrogen-bond acceptors (Lipinski definition) is 1. The van der Waals surface area contributed by atoms with Gasteiger partial charge in [-0.25, -0.2) is 0 Å². The number of nitrogens with two attached hydrogens (primary N) is 1. The van der Waals surface area contributed by atoms with Gasteiger partial charge >= 0.3 is 0 Å². The van der Waals surface area contributed by atoms with Gasteiger partial charge in [0.2, 0.25) is 0 Å². The van der Waals surface area contributed by atoms with Gasteiger partial charge in [0, 0.05) is 6.04 Å². The summed E-state index contributed by atoms with van der Waals surface area (Å²) in [5.74, 6) is 1.94. The first-order valence-electron chi connectivity index (χ1n) is 4.63. The first-order chi connectivity index (χ1) is 4.88. The van der Waals surface area contributed by atoms with E-state index in [0.29, 0.717) is 6.04 Å². The Morgan fingerprint density at radius 1 is 1.00 bits per heavy atom. The van der Waals surface area contributed by atoms with Gasteiger partial charge in [0.1, 0.15) is 0 Å². The van der Waals surface area contributed by atoms with Gasteiger partial charge in [-0.05, 0) is 24.7 Å². The largest absolute Gasteiger partial charge is 0.327 e. The molecule has 0 aromatic rings. The average Bonchev–Trinajstić information content (AvgIpc) is 2.09. The summed E-state index contributed by atoms with van der Waals surface area (Å²) < 4.78 is 0. The third-order valence-electron chi connectivity index (χ3n) is 3.34. The summed E-state index contributed by atoms with van der Waals surface area (Å²) in [6, 6.07) is 0.572. The van der Waals surface area contributed by atoms with E-state index in [0.717, 1.165) is 11.8 Å². The highest BCUT2D eigenvalue weighted by atomic mass is 35.5. The molecule has 0 saturated heterocycles. The molecule has 2 fully saturated rings. The normalized spacial score (nSPS) is 42.8. The van der Waals surface area contributed by atoms with E-state index in [1.54, 1.807) is 0 Å². The maximum atomic E-state index is 5.90. The number of fused-ring (bicyclic) bond motifs is 1. The highest BCUT2D eigenvalue weighted by molar-refractivity contribution is 5.85. The van der Waals surface area contributed by atoms with Gasteiger partial charge in [-0.1, -0.05) is 25.7 Å². The van der Waals surface area contributed by atoms with Crippen molar-refractivity contribution >= 4 is 12.4 Å². The molecule has 2 saturated carbocycles. The van der Waals surface area contributed by atoms with E-state index in [4.69, 9.17) is 5.73 Å². The fraction of sp³-hybridized carbons (Fsp3) is 1.00. The Morgan fingerprint density at radius 2 is 1.73 bits per heavy atom. The summed E-state index contributed by atoms with van der Waals surface area (Å²) in [6.07, 6.45) is 8.58. The predicted molar refractivity (Wildman–Crippen MR) is 49.9 cm³/mol. The van der Waals surface area contributed by atoms with Gasteiger partial charge in [0.15, 0.2) is 0 Å². The minimum absolute atomic E-state index is 0. The van der Waals surface area contributed by atoms with Crippen LogP contribution < -0.4 is 5.73 Å². The van der Waals surface area contributed by atoms with Crippen LogP contribution >= 0.6 is 12.4 Å². The van der Waals surface area contributed by atoms with E-state index >= 15 is 0 Å². The van der Waals surface area contributed by atoms with Crippen LogP contribution in [0.1, 0.15) is 38.5 Å². The monoisotopic (exact) mass is 175 g/mol. The van der Waals surface area contributed by atoms with Crippen molar-refractivity contribution in [3.8, 4) is 0 Å². The topological polar surface area (TPSA) is 26.0 Å². The number of halogens is 1. The molecule has 0 unspecified atom stereocenters. The Hall–Kier alpha value is 0.250. The Labute approximate surface area is 75.1 Å². The van der Waals surface area contributed by atoms with Crippen LogP contribution in [0.15, 0.2) is 0 Å². The summed E-state index contributed by atoms with van der Waals surface area (Å²) in [5.41, 5.74) is 5.90. The smallest absolute Gasteiger partial charge is 0.00725 e. The first-order valence-corrected chi connectivity index (χ1v) is 4.63. The predicted octanol–water partition coefficient (Wildman–Crippen LogP) is 2.34. The van der Waals surface area contributed by atoms with Gasteiger partial charge in [0.05, 0.1) is 0 Å². The van der Waals surface area contributed by atoms with Crippen LogP contribution in [0.25, 0.3) is 0 Å². The minimum Gasteiger partial charge on any atom is -0.327 e. The maximum absolute atomic E-state index is 5.90. The number of rotatable bonds is 0. The summed E-state index contributed by atoms with van der Waals surface area (Å²) in [4.78, 5) is 0. The van der Waals surface area contributed by atoms with Crippen molar-refractivity contribution in [2.24, 2.45) is 17.6 Å². The fourth-order valence-electron chi connectivity index (χ4n) is 2.60. The summed E-state index contributed by atoms with van der Waals surface area (Å²) in [7, 11) is 0. The minimum atomic E-state index is 0. The third-order valence-corrected chi connectivity index (χ3v) is 3.34. The molecule has 0 aromatic carbocycles. The lowest BCUT2D eigenvalue weighted by atomic mass is 9.67. The lowest BCUT2D eigenvalue weighted by Gasteiger charge is -2.41. The average molecular weight is 176 g/mol. The summed E-state index contributed by atoms with van der Waals surface area (Å²) >= 11 is 0. The molecule has 0 aromatic heterocycles. The zero-order valence-electron chi connectivity index (χ0n) is 6.96. The van der Waals surface area contributed by atoms with E-state index in [2.05, 4.69) is 0 Å². The van der Waals surface area contributed by atoms with Crippen molar-refractivity contribution in [2.45, 2.75) is 44.6 Å². The van der Waals surface area contributed by atoms with Gasteiger partial charge in [-0.2, -0.15) is 0 Å². The molecule has 0 amide bonds. The van der Waals surface area contributed by atoms with Crippen molar-refractivity contribution in [2.75, 3.05) is 0 Å². The van der Waals surface area contributed by atoms with Crippen molar-refractivity contribution in [3.63, 3.8) is 0 Å². The van der Waals surface area contributed by atoms with Crippen molar-refractivity contribution in [3.05, 3.63) is 0 Å². The fourth-order valence-corrected chi connectivity index (χ4v) is 2.60. The van der Waals surface area contributed by atoms with Crippen LogP contribution in [0.5, 0.6) is 0 Å². The molecule has 2 rings (SSSR count). The second-order valence-corrected chi connectivity index (χ2v) is 3.96. The SMILES string of the molecule is Cl.N[C@@H]1C[C@@H]2CCCCC[C@@H]21. The first kappa shape index (κ1) is 9.34. The molecule has 0 bridgehead atoms. The molecular formula is C9H18ClN. The van der Waals surface area contributed by atoms with Crippen LogP contribution in [0.3, 0.4) is 0 Å². The van der Waals surface area contributed by atoms with Crippen LogP contribution in [0, 0.1) is 11.8 Å². The molecule has 0 heterocycles. The summed E-state index contributed by atoms with van der Waals surface area (Å²) in [5, 5.41) is 0. The maximum Gasteiger partial charge on any atom is 0.00725 e. The van der Waals surface area contributed by atoms with E-state index in [1.807, 2.05) is 0 Å². The highest BCUT2D eigenvalue weighted by Crippen LogP contribution is 2.42. The third kappa shape index (κ3) is 1.70. The molecule has 2 aliphatic rings. The van der Waals surface area contributed by atoms with Crippen molar-refractivity contribution in [1.29, 1.82) is 0 Å². The number of hydrogen-bond donors (Lipinski definition) is 1. The Bertz CT molecular complexity index is 127. The molecule has 2 heteroatoms. The molecule has 66 valence electrons. The molecule has 11 heavy (non-hydrogen) atoms. The van der Waals surface area contributed by atoms with E-state index in [9.17, 15) is 0 Å². The van der Waals surface area contributed by atoms with Crippen LogP contribution in [0.4, 0.5) is 0 Å². The Morgan fingerprint density at radius 3 is 2.45 bits per heavy atom. The second kappa shape index (κ2) is 3.77. The van der Waals surface area contributed by atoms with E-state index in [1.165, 1.54) is 38.5 Å². The lowest BCUT2D eigenvalue weighted by Crippen LogP contribution is -2.46. The van der Waals surface area contributed by atoms with E-state index in [-0.39, 0.29) is 12.4 Å². The zero-order valence-corrected chi connectivity index (χ0v) is 7.78. The highest BCUT2D eigenvalue weighted by Gasteiger charge is 2.38. The second-order valence-electron chi connectivity index (χ2n) is 3.96. The molecular weight excluding hydrogens is 158 g/mol. The van der Waals surface area contributed by atoms with Crippen LogP contribution in [0.2, 0.25) is 0 Å². The zero-order chi connectivity index (χ0) is 6.97.